The first-order valence-electron chi connectivity index (χ1n) is 5.05. The summed E-state index contributed by atoms with van der Waals surface area (Å²) in [5.41, 5.74) is 0.559. The SMILES string of the molecule is CNc1cc(COC)nc(CCC(F)(F)F)n1. The Morgan fingerprint density at radius 1 is 1.35 bits per heavy atom. The van der Waals surface area contributed by atoms with Gasteiger partial charge in [0.2, 0.25) is 0 Å². The maximum atomic E-state index is 12.1. The molecular weight excluding hydrogens is 235 g/mol. The maximum Gasteiger partial charge on any atom is 0.389 e. The zero-order valence-electron chi connectivity index (χ0n) is 9.64. The van der Waals surface area contributed by atoms with Gasteiger partial charge in [-0.25, -0.2) is 9.97 Å². The highest BCUT2D eigenvalue weighted by atomic mass is 19.4. The van der Waals surface area contributed by atoms with Gasteiger partial charge in [-0.2, -0.15) is 13.2 Å². The lowest BCUT2D eigenvalue weighted by Gasteiger charge is -2.08. The Bertz CT molecular complexity index is 368. The van der Waals surface area contributed by atoms with Crippen molar-refractivity contribution < 1.29 is 17.9 Å². The van der Waals surface area contributed by atoms with E-state index < -0.39 is 12.6 Å². The number of aromatic nitrogens is 2. The molecule has 0 aromatic carbocycles. The molecule has 0 amide bonds. The fourth-order valence-corrected chi connectivity index (χ4v) is 1.27. The molecule has 96 valence electrons. The third-order valence-corrected chi connectivity index (χ3v) is 2.01. The van der Waals surface area contributed by atoms with Crippen LogP contribution in [0, 0.1) is 0 Å². The Morgan fingerprint density at radius 2 is 2.06 bits per heavy atom. The van der Waals surface area contributed by atoms with Crippen LogP contribution in [0.15, 0.2) is 6.07 Å². The monoisotopic (exact) mass is 249 g/mol. The molecule has 1 rings (SSSR count). The number of anilines is 1. The summed E-state index contributed by atoms with van der Waals surface area (Å²) >= 11 is 0. The van der Waals surface area contributed by atoms with Crippen molar-refractivity contribution >= 4 is 5.82 Å². The molecule has 0 radical (unpaired) electrons. The van der Waals surface area contributed by atoms with Crippen LogP contribution >= 0.6 is 0 Å². The van der Waals surface area contributed by atoms with Crippen LogP contribution in [-0.2, 0) is 17.8 Å². The second kappa shape index (κ2) is 5.81. The Balaban J connectivity index is 2.79. The molecule has 0 saturated heterocycles. The predicted molar refractivity (Wildman–Crippen MR) is 56.7 cm³/mol. The van der Waals surface area contributed by atoms with Crippen LogP contribution in [0.3, 0.4) is 0 Å². The van der Waals surface area contributed by atoms with Crippen molar-refractivity contribution in [1.82, 2.24) is 9.97 Å². The largest absolute Gasteiger partial charge is 0.389 e. The Kier molecular flexibility index (Phi) is 4.68. The van der Waals surface area contributed by atoms with Crippen molar-refractivity contribution in [3.8, 4) is 0 Å². The zero-order valence-corrected chi connectivity index (χ0v) is 9.64. The van der Waals surface area contributed by atoms with Crippen molar-refractivity contribution in [3.63, 3.8) is 0 Å². The molecule has 1 heterocycles. The molecule has 0 unspecified atom stereocenters. The van der Waals surface area contributed by atoms with Gasteiger partial charge in [-0.3, -0.25) is 0 Å². The minimum atomic E-state index is -4.19. The van der Waals surface area contributed by atoms with Gasteiger partial charge in [-0.05, 0) is 0 Å². The normalized spacial score (nSPS) is 11.6. The van der Waals surface area contributed by atoms with E-state index in [4.69, 9.17) is 4.74 Å². The molecule has 0 fully saturated rings. The molecule has 1 N–H and O–H groups in total. The number of methoxy groups -OCH3 is 1. The standard InChI is InChI=1S/C10H14F3N3O/c1-14-9-5-7(6-17-2)15-8(16-9)3-4-10(11,12)13/h5H,3-4,6H2,1-2H3,(H,14,15,16). The average Bonchev–Trinajstić information content (AvgIpc) is 2.25. The second-order valence-corrected chi connectivity index (χ2v) is 3.46. The second-order valence-electron chi connectivity index (χ2n) is 3.46. The fourth-order valence-electron chi connectivity index (χ4n) is 1.27. The summed E-state index contributed by atoms with van der Waals surface area (Å²) in [5, 5.41) is 2.78. The summed E-state index contributed by atoms with van der Waals surface area (Å²) in [6.07, 6.45) is -5.34. The summed E-state index contributed by atoms with van der Waals surface area (Å²) in [4.78, 5) is 7.96. The van der Waals surface area contributed by atoms with Crippen LogP contribution in [0.2, 0.25) is 0 Å². The lowest BCUT2D eigenvalue weighted by Crippen LogP contribution is -2.11. The maximum absolute atomic E-state index is 12.1. The number of rotatable bonds is 5. The van der Waals surface area contributed by atoms with Gasteiger partial charge in [-0.15, -0.1) is 0 Å². The Labute approximate surface area is 97.2 Å². The summed E-state index contributed by atoms with van der Waals surface area (Å²) in [5.74, 6) is 0.658. The number of nitrogens with one attached hydrogen (secondary N) is 1. The van der Waals surface area contributed by atoms with E-state index in [1.54, 1.807) is 13.1 Å². The molecule has 0 aliphatic rings. The lowest BCUT2D eigenvalue weighted by molar-refractivity contribution is -0.134. The van der Waals surface area contributed by atoms with Gasteiger partial charge < -0.3 is 10.1 Å². The van der Waals surface area contributed by atoms with Gasteiger partial charge >= 0.3 is 6.18 Å². The Morgan fingerprint density at radius 3 is 2.59 bits per heavy atom. The molecule has 0 aliphatic carbocycles. The number of aryl methyl sites for hydroxylation is 1. The molecule has 17 heavy (non-hydrogen) atoms. The molecule has 1 aromatic rings. The van der Waals surface area contributed by atoms with Crippen molar-refractivity contribution in [2.45, 2.75) is 25.6 Å². The number of hydrogen-bond acceptors (Lipinski definition) is 4. The van der Waals surface area contributed by atoms with Crippen molar-refractivity contribution in [2.24, 2.45) is 0 Å². The van der Waals surface area contributed by atoms with E-state index in [0.717, 1.165) is 0 Å². The zero-order chi connectivity index (χ0) is 12.9. The number of alkyl halides is 3. The predicted octanol–water partition coefficient (Wildman–Crippen LogP) is 2.16. The molecule has 4 nitrogen and oxygen atoms in total. The highest BCUT2D eigenvalue weighted by Crippen LogP contribution is 2.21. The molecule has 0 bridgehead atoms. The molecule has 0 spiro atoms. The third kappa shape index (κ3) is 4.99. The highest BCUT2D eigenvalue weighted by Gasteiger charge is 2.27. The summed E-state index contributed by atoms with van der Waals surface area (Å²) < 4.78 is 41.1. The summed E-state index contributed by atoms with van der Waals surface area (Å²) in [7, 11) is 3.14. The van der Waals surface area contributed by atoms with Gasteiger partial charge in [0.05, 0.1) is 18.7 Å². The minimum absolute atomic E-state index is 0.168. The molecular formula is C10H14F3N3O. The number of hydrogen-bond donors (Lipinski definition) is 1. The summed E-state index contributed by atoms with van der Waals surface area (Å²) in [6.45, 7) is 0.246. The van der Waals surface area contributed by atoms with Crippen molar-refractivity contribution in [1.29, 1.82) is 0 Å². The minimum Gasteiger partial charge on any atom is -0.378 e. The summed E-state index contributed by atoms with van der Waals surface area (Å²) in [6, 6.07) is 1.64. The van der Waals surface area contributed by atoms with Gasteiger partial charge in [0.1, 0.15) is 11.6 Å². The highest BCUT2D eigenvalue weighted by molar-refractivity contribution is 5.35. The number of ether oxygens (including phenoxy) is 1. The van der Waals surface area contributed by atoms with Gasteiger partial charge in [0, 0.05) is 26.6 Å². The van der Waals surface area contributed by atoms with E-state index in [1.807, 2.05) is 0 Å². The fraction of sp³-hybridized carbons (Fsp3) is 0.600. The van der Waals surface area contributed by atoms with E-state index in [0.29, 0.717) is 11.5 Å². The van der Waals surface area contributed by atoms with Gasteiger partial charge in [-0.1, -0.05) is 0 Å². The topological polar surface area (TPSA) is 47.0 Å². The average molecular weight is 249 g/mol. The third-order valence-electron chi connectivity index (χ3n) is 2.01. The van der Waals surface area contributed by atoms with Crippen LogP contribution in [-0.4, -0.2) is 30.3 Å². The molecule has 0 aliphatic heterocycles. The van der Waals surface area contributed by atoms with Gasteiger partial charge in [0.15, 0.2) is 0 Å². The molecule has 0 saturated carbocycles. The van der Waals surface area contributed by atoms with E-state index in [9.17, 15) is 13.2 Å². The van der Waals surface area contributed by atoms with E-state index in [2.05, 4.69) is 15.3 Å². The van der Waals surface area contributed by atoms with Crippen LogP contribution in [0.4, 0.5) is 19.0 Å². The van der Waals surface area contributed by atoms with Crippen molar-refractivity contribution in [3.05, 3.63) is 17.6 Å². The van der Waals surface area contributed by atoms with Crippen LogP contribution < -0.4 is 5.32 Å². The van der Waals surface area contributed by atoms with Crippen molar-refractivity contribution in [2.75, 3.05) is 19.5 Å². The van der Waals surface area contributed by atoms with E-state index in [1.165, 1.54) is 7.11 Å². The number of halogens is 3. The quantitative estimate of drug-likeness (QED) is 0.868. The smallest absolute Gasteiger partial charge is 0.378 e. The Hall–Kier alpha value is -1.37. The van der Waals surface area contributed by atoms with Gasteiger partial charge in [0.25, 0.3) is 0 Å². The van der Waals surface area contributed by atoms with Crippen LogP contribution in [0.5, 0.6) is 0 Å². The first-order valence-corrected chi connectivity index (χ1v) is 5.05. The molecule has 7 heteroatoms. The van der Waals surface area contributed by atoms with Crippen LogP contribution in [0.25, 0.3) is 0 Å². The first-order chi connectivity index (χ1) is 7.94. The van der Waals surface area contributed by atoms with E-state index >= 15 is 0 Å². The first kappa shape index (κ1) is 13.7. The number of nitrogens with zero attached hydrogens (tertiary/aromatic N) is 2. The molecule has 0 atom stereocenters. The van der Waals surface area contributed by atoms with E-state index in [-0.39, 0.29) is 18.9 Å². The lowest BCUT2D eigenvalue weighted by atomic mass is 10.2. The van der Waals surface area contributed by atoms with Crippen LogP contribution in [0.1, 0.15) is 17.9 Å². The molecule has 1 aromatic heterocycles.